The number of carbonyl (C=O) groups excluding carboxylic acids is 1. The highest BCUT2D eigenvalue weighted by Crippen LogP contribution is 2.25. The van der Waals surface area contributed by atoms with E-state index in [1.54, 1.807) is 0 Å². The number of amides is 1. The highest BCUT2D eigenvalue weighted by atomic mass is 19.1. The van der Waals surface area contributed by atoms with Crippen LogP contribution in [0.5, 0.6) is 0 Å². The summed E-state index contributed by atoms with van der Waals surface area (Å²) in [6, 6.07) is 12.6. The molecule has 0 aliphatic rings. The van der Waals surface area contributed by atoms with Crippen molar-refractivity contribution in [3.05, 3.63) is 82.4 Å². The van der Waals surface area contributed by atoms with E-state index < -0.39 is 17.2 Å². The molecule has 32 heavy (non-hydrogen) atoms. The highest BCUT2D eigenvalue weighted by Gasteiger charge is 2.18. The molecule has 4 aromatic rings. The summed E-state index contributed by atoms with van der Waals surface area (Å²) in [5.41, 5.74) is 0.609. The molecule has 1 N–H and O–H groups in total. The van der Waals surface area contributed by atoms with E-state index in [4.69, 9.17) is 4.52 Å². The van der Waals surface area contributed by atoms with Gasteiger partial charge in [0.05, 0.1) is 0 Å². The minimum absolute atomic E-state index is 0.00407. The van der Waals surface area contributed by atoms with Gasteiger partial charge < -0.3 is 9.84 Å². The number of hydrogen-bond donors (Lipinski definition) is 1. The van der Waals surface area contributed by atoms with E-state index in [2.05, 4.69) is 15.5 Å². The van der Waals surface area contributed by atoms with Crippen LogP contribution >= 0.6 is 0 Å². The normalized spacial score (nSPS) is 12.1. The van der Waals surface area contributed by atoms with E-state index in [9.17, 15) is 18.4 Å². The predicted octanol–water partition coefficient (Wildman–Crippen LogP) is 3.64. The Labute approximate surface area is 181 Å². The molecular weight excluding hydrogens is 418 g/mol. The van der Waals surface area contributed by atoms with Crippen LogP contribution in [-0.4, -0.2) is 27.2 Å². The molecule has 0 spiro atoms. The Morgan fingerprint density at radius 1 is 1.16 bits per heavy atom. The summed E-state index contributed by atoms with van der Waals surface area (Å²) in [6.07, 6.45) is 1.31. The van der Waals surface area contributed by atoms with Gasteiger partial charge >= 0.3 is 0 Å². The molecule has 0 fully saturated rings. The molecule has 7 nitrogen and oxygen atoms in total. The zero-order valence-electron chi connectivity index (χ0n) is 17.2. The Morgan fingerprint density at radius 3 is 2.59 bits per heavy atom. The standard InChI is InChI=1S/C23H20F2N4O3/c1-14(15-5-3-2-4-6-15)12-26-19(30)7-8-29-13-27-22-20(23(29)31)21(28-32-22)16-9-17(24)11-18(25)10-16/h2-6,9-11,13-14H,7-8,12H2,1H3,(H,26,30). The SMILES string of the molecule is CC(CNC(=O)CCn1cnc2onc(-c3cc(F)cc(F)c3)c2c1=O)c1ccccc1. The second kappa shape index (κ2) is 9.09. The summed E-state index contributed by atoms with van der Waals surface area (Å²) in [4.78, 5) is 29.2. The lowest BCUT2D eigenvalue weighted by molar-refractivity contribution is -0.121. The molecule has 0 saturated carbocycles. The van der Waals surface area contributed by atoms with Gasteiger partial charge in [0.25, 0.3) is 11.3 Å². The minimum atomic E-state index is -0.804. The predicted molar refractivity (Wildman–Crippen MR) is 114 cm³/mol. The number of rotatable bonds is 7. The number of aromatic nitrogens is 3. The first-order valence-corrected chi connectivity index (χ1v) is 10.1. The quantitative estimate of drug-likeness (QED) is 0.476. The molecule has 0 bridgehead atoms. The molecule has 4 rings (SSSR count). The largest absolute Gasteiger partial charge is 0.355 e. The van der Waals surface area contributed by atoms with Gasteiger partial charge in [0.15, 0.2) is 0 Å². The number of hydrogen-bond acceptors (Lipinski definition) is 5. The first-order valence-electron chi connectivity index (χ1n) is 10.1. The van der Waals surface area contributed by atoms with Crippen LogP contribution in [0.25, 0.3) is 22.4 Å². The van der Waals surface area contributed by atoms with Crippen LogP contribution in [0.3, 0.4) is 0 Å². The van der Waals surface area contributed by atoms with E-state index in [-0.39, 0.29) is 47.1 Å². The summed E-state index contributed by atoms with van der Waals surface area (Å²) in [5.74, 6) is -1.67. The Hall–Kier alpha value is -3.88. The molecule has 164 valence electrons. The van der Waals surface area contributed by atoms with E-state index >= 15 is 0 Å². The fourth-order valence-corrected chi connectivity index (χ4v) is 3.40. The monoisotopic (exact) mass is 438 g/mol. The number of aryl methyl sites for hydroxylation is 1. The fraction of sp³-hybridized carbons (Fsp3) is 0.217. The molecule has 0 aliphatic carbocycles. The minimum Gasteiger partial charge on any atom is -0.355 e. The van der Waals surface area contributed by atoms with Gasteiger partial charge in [-0.25, -0.2) is 13.8 Å². The molecule has 9 heteroatoms. The number of benzene rings is 2. The lowest BCUT2D eigenvalue weighted by Gasteiger charge is -2.13. The van der Waals surface area contributed by atoms with E-state index in [0.717, 1.165) is 23.8 Å². The number of carbonyl (C=O) groups is 1. The van der Waals surface area contributed by atoms with Crippen LogP contribution in [0, 0.1) is 11.6 Å². The second-order valence-electron chi connectivity index (χ2n) is 7.48. The molecule has 1 amide bonds. The fourth-order valence-electron chi connectivity index (χ4n) is 3.40. The number of nitrogens with one attached hydrogen (secondary N) is 1. The van der Waals surface area contributed by atoms with Gasteiger partial charge in [0.1, 0.15) is 29.0 Å². The molecule has 2 heterocycles. The third-order valence-corrected chi connectivity index (χ3v) is 5.15. The molecular formula is C23H20F2N4O3. The van der Waals surface area contributed by atoms with Crippen molar-refractivity contribution >= 4 is 17.0 Å². The lowest BCUT2D eigenvalue weighted by atomic mass is 10.0. The number of fused-ring (bicyclic) bond motifs is 1. The Bertz CT molecular complexity index is 1300. The summed E-state index contributed by atoms with van der Waals surface area (Å²) in [7, 11) is 0. The molecule has 2 aromatic heterocycles. The van der Waals surface area contributed by atoms with Gasteiger partial charge in [-0.05, 0) is 23.6 Å². The van der Waals surface area contributed by atoms with E-state index in [0.29, 0.717) is 6.54 Å². The van der Waals surface area contributed by atoms with Gasteiger partial charge in [-0.3, -0.25) is 14.2 Å². The van der Waals surface area contributed by atoms with Crippen molar-refractivity contribution in [3.63, 3.8) is 0 Å². The summed E-state index contributed by atoms with van der Waals surface area (Å²) < 4.78 is 33.5. The number of nitrogens with zero attached hydrogens (tertiary/aromatic N) is 3. The third kappa shape index (κ3) is 4.56. The van der Waals surface area contributed by atoms with Crippen LogP contribution in [0.15, 0.2) is 64.2 Å². The van der Waals surface area contributed by atoms with Crippen molar-refractivity contribution < 1.29 is 18.1 Å². The summed E-state index contributed by atoms with van der Waals surface area (Å²) >= 11 is 0. The van der Waals surface area contributed by atoms with Gasteiger partial charge in [-0.15, -0.1) is 0 Å². The average molecular weight is 438 g/mol. The Balaban J connectivity index is 1.47. The van der Waals surface area contributed by atoms with E-state index in [1.807, 2.05) is 37.3 Å². The lowest BCUT2D eigenvalue weighted by Crippen LogP contribution is -2.30. The van der Waals surface area contributed by atoms with Crippen molar-refractivity contribution in [2.75, 3.05) is 6.54 Å². The second-order valence-corrected chi connectivity index (χ2v) is 7.48. The summed E-state index contributed by atoms with van der Waals surface area (Å²) in [5, 5.41) is 6.62. The first kappa shape index (κ1) is 21.4. The van der Waals surface area contributed by atoms with Gasteiger partial charge in [-0.2, -0.15) is 0 Å². The highest BCUT2D eigenvalue weighted by molar-refractivity contribution is 5.88. The molecule has 0 aliphatic heterocycles. The van der Waals surface area contributed by atoms with Gasteiger partial charge in [0, 0.05) is 31.1 Å². The van der Waals surface area contributed by atoms with Crippen molar-refractivity contribution in [2.45, 2.75) is 25.8 Å². The molecule has 0 saturated heterocycles. The maximum absolute atomic E-state index is 13.6. The van der Waals surface area contributed by atoms with Crippen LogP contribution in [0.4, 0.5) is 8.78 Å². The maximum atomic E-state index is 13.6. The smallest absolute Gasteiger partial charge is 0.266 e. The van der Waals surface area contributed by atoms with Crippen molar-refractivity contribution in [1.82, 2.24) is 20.0 Å². The van der Waals surface area contributed by atoms with Gasteiger partial charge in [-0.1, -0.05) is 42.4 Å². The van der Waals surface area contributed by atoms with Crippen LogP contribution in [0.2, 0.25) is 0 Å². The van der Waals surface area contributed by atoms with Crippen molar-refractivity contribution in [3.8, 4) is 11.3 Å². The van der Waals surface area contributed by atoms with Crippen molar-refractivity contribution in [1.29, 1.82) is 0 Å². The first-order chi connectivity index (χ1) is 15.4. The third-order valence-electron chi connectivity index (χ3n) is 5.15. The van der Waals surface area contributed by atoms with Crippen LogP contribution in [-0.2, 0) is 11.3 Å². The Morgan fingerprint density at radius 2 is 1.88 bits per heavy atom. The zero-order chi connectivity index (χ0) is 22.7. The molecule has 1 atom stereocenters. The molecule has 2 aromatic carbocycles. The maximum Gasteiger partial charge on any atom is 0.266 e. The van der Waals surface area contributed by atoms with E-state index in [1.165, 1.54) is 10.9 Å². The van der Waals surface area contributed by atoms with Gasteiger partial charge in [0.2, 0.25) is 5.91 Å². The summed E-state index contributed by atoms with van der Waals surface area (Å²) in [6.45, 7) is 2.56. The zero-order valence-corrected chi connectivity index (χ0v) is 17.2. The average Bonchev–Trinajstić information content (AvgIpc) is 3.22. The van der Waals surface area contributed by atoms with Crippen molar-refractivity contribution in [2.24, 2.45) is 0 Å². The molecule has 1 unspecified atom stereocenters. The van der Waals surface area contributed by atoms with Crippen LogP contribution in [0.1, 0.15) is 24.8 Å². The van der Waals surface area contributed by atoms with Crippen LogP contribution < -0.4 is 10.9 Å². The molecule has 0 radical (unpaired) electrons. The Kier molecular flexibility index (Phi) is 6.07. The number of halogens is 2. The topological polar surface area (TPSA) is 90.0 Å².